The first-order valence-corrected chi connectivity index (χ1v) is 6.29. The van der Waals surface area contributed by atoms with Crippen molar-refractivity contribution >= 4 is 17.9 Å². The molecule has 3 N–H and O–H groups in total. The van der Waals surface area contributed by atoms with Gasteiger partial charge in [0.2, 0.25) is 5.91 Å². The van der Waals surface area contributed by atoms with E-state index in [1.54, 1.807) is 0 Å². The fraction of sp³-hybridized carbons (Fsp3) is 0.750. The van der Waals surface area contributed by atoms with Gasteiger partial charge in [0, 0.05) is 12.1 Å². The minimum Gasteiger partial charge on any atom is -0.480 e. The first kappa shape index (κ1) is 15.3. The van der Waals surface area contributed by atoms with Crippen molar-refractivity contribution in [2.45, 2.75) is 45.2 Å². The molecule has 0 radical (unpaired) electrons. The van der Waals surface area contributed by atoms with E-state index in [0.29, 0.717) is 19.4 Å². The molecule has 1 saturated heterocycles. The summed E-state index contributed by atoms with van der Waals surface area (Å²) in [5, 5.41) is 14.1. The van der Waals surface area contributed by atoms with Crippen molar-refractivity contribution in [2.75, 3.05) is 13.1 Å². The Morgan fingerprint density at radius 1 is 1.32 bits per heavy atom. The van der Waals surface area contributed by atoms with Crippen LogP contribution in [0.3, 0.4) is 0 Å². The Morgan fingerprint density at radius 2 is 1.95 bits per heavy atom. The number of carboxylic acid groups (broad SMARTS) is 1. The van der Waals surface area contributed by atoms with Gasteiger partial charge in [-0.25, -0.2) is 9.59 Å². The number of amides is 3. The molecule has 1 aliphatic rings. The van der Waals surface area contributed by atoms with Gasteiger partial charge in [0.1, 0.15) is 6.04 Å². The largest absolute Gasteiger partial charge is 0.480 e. The molecule has 1 atom stereocenters. The Bertz CT molecular complexity index is 376. The summed E-state index contributed by atoms with van der Waals surface area (Å²) in [4.78, 5) is 35.5. The van der Waals surface area contributed by atoms with Crippen molar-refractivity contribution in [1.29, 1.82) is 0 Å². The Kier molecular flexibility index (Phi) is 4.74. The van der Waals surface area contributed by atoms with E-state index in [2.05, 4.69) is 10.6 Å². The van der Waals surface area contributed by atoms with Gasteiger partial charge in [-0.2, -0.15) is 0 Å². The zero-order chi connectivity index (χ0) is 14.6. The van der Waals surface area contributed by atoms with E-state index in [9.17, 15) is 14.4 Å². The molecule has 7 nitrogen and oxygen atoms in total. The average Bonchev–Trinajstić information content (AvgIpc) is 2.72. The molecule has 0 aliphatic carbocycles. The number of rotatable bonds is 3. The van der Waals surface area contributed by atoms with Crippen LogP contribution in [0.1, 0.15) is 33.6 Å². The second-order valence-electron chi connectivity index (χ2n) is 5.65. The van der Waals surface area contributed by atoms with Gasteiger partial charge >= 0.3 is 12.0 Å². The number of carboxylic acids is 1. The van der Waals surface area contributed by atoms with Crippen LogP contribution in [0, 0.1) is 0 Å². The predicted molar refractivity (Wildman–Crippen MR) is 68.7 cm³/mol. The SMILES string of the molecule is CC(C)(C)NC(=O)CNC(=O)N1CCC[C@@H]1C(=O)O. The molecule has 19 heavy (non-hydrogen) atoms. The molecule has 7 heteroatoms. The Hall–Kier alpha value is -1.79. The van der Waals surface area contributed by atoms with Crippen LogP contribution in [-0.2, 0) is 9.59 Å². The smallest absolute Gasteiger partial charge is 0.326 e. The molecular weight excluding hydrogens is 250 g/mol. The quantitative estimate of drug-likeness (QED) is 0.681. The highest BCUT2D eigenvalue weighted by molar-refractivity contribution is 5.87. The molecule has 0 saturated carbocycles. The van der Waals surface area contributed by atoms with Gasteiger partial charge in [-0.1, -0.05) is 0 Å². The number of urea groups is 1. The molecular formula is C12H21N3O4. The van der Waals surface area contributed by atoms with Gasteiger partial charge in [-0.15, -0.1) is 0 Å². The number of carbonyl (C=O) groups excluding carboxylic acids is 2. The number of aliphatic carboxylic acids is 1. The maximum atomic E-state index is 11.8. The third kappa shape index (κ3) is 4.76. The number of hydrogen-bond donors (Lipinski definition) is 3. The van der Waals surface area contributed by atoms with Crippen LogP contribution >= 0.6 is 0 Å². The summed E-state index contributed by atoms with van der Waals surface area (Å²) >= 11 is 0. The van der Waals surface area contributed by atoms with Crippen LogP contribution in [0.15, 0.2) is 0 Å². The highest BCUT2D eigenvalue weighted by Crippen LogP contribution is 2.17. The zero-order valence-electron chi connectivity index (χ0n) is 11.5. The molecule has 0 aromatic carbocycles. The molecule has 0 bridgehead atoms. The van der Waals surface area contributed by atoms with Gasteiger partial charge in [0.25, 0.3) is 0 Å². The van der Waals surface area contributed by atoms with Gasteiger partial charge < -0.3 is 20.6 Å². The minimum atomic E-state index is -1.01. The van der Waals surface area contributed by atoms with Crippen molar-refractivity contribution in [2.24, 2.45) is 0 Å². The summed E-state index contributed by atoms with van der Waals surface area (Å²) in [5.41, 5.74) is -0.362. The summed E-state index contributed by atoms with van der Waals surface area (Å²) in [6.45, 7) is 5.78. The number of nitrogens with zero attached hydrogens (tertiary/aromatic N) is 1. The van der Waals surface area contributed by atoms with Crippen molar-refractivity contribution in [1.82, 2.24) is 15.5 Å². The number of hydrogen-bond acceptors (Lipinski definition) is 3. The van der Waals surface area contributed by atoms with Gasteiger partial charge in [-0.05, 0) is 33.6 Å². The summed E-state index contributed by atoms with van der Waals surface area (Å²) < 4.78 is 0. The number of nitrogens with one attached hydrogen (secondary N) is 2. The normalized spacial score (nSPS) is 19.1. The van der Waals surface area contributed by atoms with Crippen LogP contribution in [-0.4, -0.2) is 52.6 Å². The van der Waals surface area contributed by atoms with Crippen molar-refractivity contribution in [3.05, 3.63) is 0 Å². The summed E-state index contributed by atoms with van der Waals surface area (Å²) in [6, 6.07) is -1.29. The molecule has 1 rings (SSSR count). The lowest BCUT2D eigenvalue weighted by molar-refractivity contribution is -0.141. The molecule has 0 aromatic heterocycles. The third-order valence-corrected chi connectivity index (χ3v) is 2.71. The Labute approximate surface area is 112 Å². The monoisotopic (exact) mass is 271 g/mol. The van der Waals surface area contributed by atoms with Gasteiger partial charge in [-0.3, -0.25) is 4.79 Å². The fourth-order valence-electron chi connectivity index (χ4n) is 1.99. The molecule has 1 heterocycles. The first-order valence-electron chi connectivity index (χ1n) is 6.29. The van der Waals surface area contributed by atoms with Crippen LogP contribution in [0.2, 0.25) is 0 Å². The fourth-order valence-corrected chi connectivity index (χ4v) is 1.99. The van der Waals surface area contributed by atoms with Crippen molar-refractivity contribution in [3.63, 3.8) is 0 Å². The molecule has 1 aliphatic heterocycles. The lowest BCUT2D eigenvalue weighted by atomic mass is 10.1. The van der Waals surface area contributed by atoms with Crippen LogP contribution in [0.25, 0.3) is 0 Å². The van der Waals surface area contributed by atoms with Crippen LogP contribution in [0.5, 0.6) is 0 Å². The first-order chi connectivity index (χ1) is 8.70. The van der Waals surface area contributed by atoms with E-state index in [1.807, 2.05) is 20.8 Å². The van der Waals surface area contributed by atoms with Gasteiger partial charge in [0.15, 0.2) is 0 Å². The second kappa shape index (κ2) is 5.90. The molecule has 1 fully saturated rings. The van der Waals surface area contributed by atoms with E-state index in [0.717, 1.165) is 0 Å². The highest BCUT2D eigenvalue weighted by atomic mass is 16.4. The van der Waals surface area contributed by atoms with Gasteiger partial charge in [0.05, 0.1) is 6.54 Å². The average molecular weight is 271 g/mol. The van der Waals surface area contributed by atoms with Crippen LogP contribution < -0.4 is 10.6 Å². The zero-order valence-corrected chi connectivity index (χ0v) is 11.5. The lowest BCUT2D eigenvalue weighted by Crippen LogP contribution is -2.50. The second-order valence-corrected chi connectivity index (χ2v) is 5.65. The maximum Gasteiger partial charge on any atom is 0.326 e. The van der Waals surface area contributed by atoms with E-state index in [4.69, 9.17) is 5.11 Å². The van der Waals surface area contributed by atoms with E-state index < -0.39 is 18.0 Å². The number of carbonyl (C=O) groups is 3. The lowest BCUT2D eigenvalue weighted by Gasteiger charge is -2.23. The molecule has 108 valence electrons. The van der Waals surface area contributed by atoms with E-state index in [1.165, 1.54) is 4.90 Å². The molecule has 0 spiro atoms. The Morgan fingerprint density at radius 3 is 2.47 bits per heavy atom. The number of likely N-dealkylation sites (tertiary alicyclic amines) is 1. The van der Waals surface area contributed by atoms with E-state index in [-0.39, 0.29) is 18.0 Å². The summed E-state index contributed by atoms with van der Waals surface area (Å²) in [6.07, 6.45) is 1.12. The minimum absolute atomic E-state index is 0.154. The van der Waals surface area contributed by atoms with Crippen molar-refractivity contribution < 1.29 is 19.5 Å². The van der Waals surface area contributed by atoms with E-state index >= 15 is 0 Å². The predicted octanol–water partition coefficient (Wildman–Crippen LogP) is 0.160. The summed E-state index contributed by atoms with van der Waals surface area (Å²) in [5.74, 6) is -1.31. The highest BCUT2D eigenvalue weighted by Gasteiger charge is 2.34. The molecule has 0 aromatic rings. The molecule has 0 unspecified atom stereocenters. The van der Waals surface area contributed by atoms with Crippen LogP contribution in [0.4, 0.5) is 4.79 Å². The maximum absolute atomic E-state index is 11.8. The van der Waals surface area contributed by atoms with Crippen molar-refractivity contribution in [3.8, 4) is 0 Å². The Balaban J connectivity index is 2.43. The standard InChI is InChI=1S/C12H21N3O4/c1-12(2,3)14-9(16)7-13-11(19)15-6-4-5-8(15)10(17)18/h8H,4-7H2,1-3H3,(H,13,19)(H,14,16)(H,17,18)/t8-/m1/s1. The summed E-state index contributed by atoms with van der Waals surface area (Å²) in [7, 11) is 0. The topological polar surface area (TPSA) is 98.7 Å². The third-order valence-electron chi connectivity index (χ3n) is 2.71. The molecule has 3 amide bonds.